The second-order valence-electron chi connectivity index (χ2n) is 10.3. The molecule has 3 aliphatic rings. The van der Waals surface area contributed by atoms with E-state index in [-0.39, 0.29) is 12.3 Å². The van der Waals surface area contributed by atoms with Gasteiger partial charge >= 0.3 is 5.97 Å². The molecule has 0 unspecified atom stereocenters. The van der Waals surface area contributed by atoms with Gasteiger partial charge in [0.15, 0.2) is 5.72 Å². The van der Waals surface area contributed by atoms with Gasteiger partial charge in [-0.1, -0.05) is 36.4 Å². The lowest BCUT2D eigenvalue weighted by Crippen LogP contribution is -2.57. The van der Waals surface area contributed by atoms with Crippen LogP contribution in [0.1, 0.15) is 35.5 Å². The van der Waals surface area contributed by atoms with Gasteiger partial charge in [-0.25, -0.2) is 4.79 Å². The first-order valence-electron chi connectivity index (χ1n) is 12.1. The van der Waals surface area contributed by atoms with Crippen LogP contribution >= 0.6 is 0 Å². The predicted molar refractivity (Wildman–Crippen MR) is 134 cm³/mol. The third kappa shape index (κ3) is 1.89. The van der Waals surface area contributed by atoms with Gasteiger partial charge in [0.1, 0.15) is 6.23 Å². The second-order valence-corrected chi connectivity index (χ2v) is 10.3. The van der Waals surface area contributed by atoms with Crippen molar-refractivity contribution in [3.8, 4) is 0 Å². The lowest BCUT2D eigenvalue weighted by molar-refractivity contribution is -0.207. The van der Waals surface area contributed by atoms with Gasteiger partial charge in [-0.05, 0) is 24.6 Å². The molecule has 0 aliphatic carbocycles. The smallest absolute Gasteiger partial charge is 0.341 e. The highest BCUT2D eigenvalue weighted by molar-refractivity contribution is 6.31. The summed E-state index contributed by atoms with van der Waals surface area (Å²) < 4.78 is 16.8. The van der Waals surface area contributed by atoms with Crippen molar-refractivity contribution in [3.63, 3.8) is 0 Å². The number of carboxylic acid groups (broad SMARTS) is 1. The van der Waals surface area contributed by atoms with Gasteiger partial charge in [-0.2, -0.15) is 0 Å². The summed E-state index contributed by atoms with van der Waals surface area (Å²) in [4.78, 5) is 28.3. The van der Waals surface area contributed by atoms with Crippen molar-refractivity contribution in [2.24, 2.45) is 0 Å². The van der Waals surface area contributed by atoms with E-state index >= 15 is 0 Å². The molecule has 2 aromatic heterocycles. The molecule has 180 valence electrons. The molecule has 8 nitrogen and oxygen atoms in total. The van der Waals surface area contributed by atoms with Gasteiger partial charge < -0.3 is 28.6 Å². The Bertz CT molecular complexity index is 1870. The van der Waals surface area contributed by atoms with Crippen molar-refractivity contribution < 1.29 is 24.2 Å². The number of rotatable bonds is 2. The molecule has 1 N–H and O–H groups in total. The Hall–Kier alpha value is -3.88. The lowest BCUT2D eigenvalue weighted by Gasteiger charge is -2.39. The quantitative estimate of drug-likeness (QED) is 0.399. The molecule has 0 saturated carbocycles. The molecule has 0 radical (unpaired) electrons. The molecule has 5 heterocycles. The summed E-state index contributed by atoms with van der Waals surface area (Å²) in [6, 6.07) is 16.0. The fraction of sp³-hybridized carbons (Fsp3) is 0.286. The number of ether oxygens (including phenoxy) is 2. The van der Waals surface area contributed by atoms with Crippen molar-refractivity contribution in [3.05, 3.63) is 59.7 Å². The SMILES string of the molecule is CO[C@]1(C(=O)O)C[C@H]2O[C@]1(C)n1c3ccccc3c3c4c(c5c6ccccc6n2c5c31)C(=O)N(C)C4. The summed E-state index contributed by atoms with van der Waals surface area (Å²) in [7, 11) is 3.28. The average Bonchev–Trinajstić information content (AvgIpc) is 3.54. The molecule has 1 saturated heterocycles. The summed E-state index contributed by atoms with van der Waals surface area (Å²) in [6.07, 6.45) is -0.468. The van der Waals surface area contributed by atoms with Gasteiger partial charge in [-0.3, -0.25) is 4.79 Å². The van der Waals surface area contributed by atoms with Gasteiger partial charge in [0.2, 0.25) is 5.60 Å². The van der Waals surface area contributed by atoms with E-state index in [2.05, 4.69) is 4.57 Å². The number of methoxy groups -OCH3 is 1. The third-order valence-electron chi connectivity index (χ3n) is 8.80. The number of carbonyl (C=O) groups is 2. The monoisotopic (exact) mass is 481 g/mol. The molecule has 8 heteroatoms. The maximum Gasteiger partial charge on any atom is 0.341 e. The van der Waals surface area contributed by atoms with Gasteiger partial charge in [0, 0.05) is 48.7 Å². The molecule has 36 heavy (non-hydrogen) atoms. The molecular weight excluding hydrogens is 458 g/mol. The number of aliphatic carboxylic acids is 1. The van der Waals surface area contributed by atoms with E-state index in [4.69, 9.17) is 9.47 Å². The Balaban J connectivity index is 1.75. The second kappa shape index (κ2) is 6.08. The van der Waals surface area contributed by atoms with Crippen LogP contribution in [0.4, 0.5) is 0 Å². The Morgan fingerprint density at radius 3 is 2.42 bits per heavy atom. The van der Waals surface area contributed by atoms with E-state index < -0.39 is 23.5 Å². The highest BCUT2D eigenvalue weighted by atomic mass is 16.6. The molecular formula is C28H23N3O5. The number of carbonyl (C=O) groups excluding carboxylic acids is 1. The largest absolute Gasteiger partial charge is 0.479 e. The standard InChI is InChI=1S/C28H23N3O5/c1-27-28(35-3,26(33)34)12-19(36-27)30-17-10-6-4-8-14(17)21-22-16(13-29(2)25(22)32)20-15-9-5-7-11-18(15)31(27)24(20)23(21)30/h4-11,19H,12-13H2,1-3H3,(H,33,34)/t19-,27+,28+/m1/s1. The van der Waals surface area contributed by atoms with Crippen LogP contribution in [0.3, 0.4) is 0 Å². The minimum atomic E-state index is -1.62. The number of para-hydroxylation sites is 2. The van der Waals surface area contributed by atoms with Crippen LogP contribution in [0.25, 0.3) is 43.6 Å². The van der Waals surface area contributed by atoms with Crippen LogP contribution in [0.5, 0.6) is 0 Å². The highest BCUT2D eigenvalue weighted by Crippen LogP contribution is 2.58. The molecule has 2 bridgehead atoms. The van der Waals surface area contributed by atoms with Crippen LogP contribution < -0.4 is 0 Å². The molecule has 3 atom stereocenters. The number of hydrogen-bond acceptors (Lipinski definition) is 4. The summed E-state index contributed by atoms with van der Waals surface area (Å²) in [6.45, 7) is 2.31. The minimum absolute atomic E-state index is 0.00458. The van der Waals surface area contributed by atoms with Gasteiger partial charge in [0.25, 0.3) is 5.91 Å². The summed E-state index contributed by atoms with van der Waals surface area (Å²) >= 11 is 0. The maximum absolute atomic E-state index is 13.6. The topological polar surface area (TPSA) is 85.9 Å². The van der Waals surface area contributed by atoms with Crippen LogP contribution in [0.2, 0.25) is 0 Å². The zero-order chi connectivity index (χ0) is 24.7. The van der Waals surface area contributed by atoms with Crippen LogP contribution in [0.15, 0.2) is 48.5 Å². The van der Waals surface area contributed by atoms with Crippen LogP contribution in [-0.2, 0) is 26.5 Å². The highest BCUT2D eigenvalue weighted by Gasteiger charge is 2.66. The lowest BCUT2D eigenvalue weighted by atomic mass is 9.88. The number of nitrogens with zero attached hydrogens (tertiary/aromatic N) is 3. The first-order chi connectivity index (χ1) is 17.3. The van der Waals surface area contributed by atoms with Crippen LogP contribution in [0, 0.1) is 0 Å². The molecule has 3 aliphatic heterocycles. The van der Waals surface area contributed by atoms with Gasteiger partial charge in [-0.15, -0.1) is 0 Å². The Morgan fingerprint density at radius 2 is 1.72 bits per heavy atom. The molecule has 1 amide bonds. The zero-order valence-corrected chi connectivity index (χ0v) is 20.0. The Labute approximate surface area is 205 Å². The Morgan fingerprint density at radius 1 is 1.06 bits per heavy atom. The van der Waals surface area contributed by atoms with Crippen LogP contribution in [-0.4, -0.2) is 50.8 Å². The predicted octanol–water partition coefficient (Wildman–Crippen LogP) is 4.56. The van der Waals surface area contributed by atoms with E-state index in [0.717, 1.165) is 54.7 Å². The first-order valence-corrected chi connectivity index (χ1v) is 12.1. The molecule has 5 aromatic rings. The fourth-order valence-electron chi connectivity index (χ4n) is 7.29. The van der Waals surface area contributed by atoms with Crippen molar-refractivity contribution in [2.75, 3.05) is 14.2 Å². The Kier molecular flexibility index (Phi) is 3.44. The minimum Gasteiger partial charge on any atom is -0.479 e. The zero-order valence-electron chi connectivity index (χ0n) is 20.0. The molecule has 1 fully saturated rings. The summed E-state index contributed by atoms with van der Waals surface area (Å²) in [5, 5.41) is 14.4. The molecule has 0 spiro atoms. The average molecular weight is 482 g/mol. The fourth-order valence-corrected chi connectivity index (χ4v) is 7.29. The number of benzene rings is 3. The number of fused-ring (bicyclic) bond motifs is 13. The summed E-state index contributed by atoms with van der Waals surface area (Å²) in [5.74, 6) is -1.06. The van der Waals surface area contributed by atoms with Crippen molar-refractivity contribution in [1.82, 2.24) is 14.0 Å². The third-order valence-corrected chi connectivity index (χ3v) is 8.80. The summed E-state index contributed by atoms with van der Waals surface area (Å²) in [5.41, 5.74) is 2.31. The number of amides is 1. The molecule has 3 aromatic carbocycles. The number of carboxylic acids is 1. The van der Waals surface area contributed by atoms with Crippen molar-refractivity contribution >= 4 is 55.5 Å². The number of hydrogen-bond donors (Lipinski definition) is 1. The normalized spacial score (nSPS) is 26.7. The van der Waals surface area contributed by atoms with E-state index in [0.29, 0.717) is 6.54 Å². The number of aromatic nitrogens is 2. The van der Waals surface area contributed by atoms with Gasteiger partial charge in [0.05, 0.1) is 27.6 Å². The van der Waals surface area contributed by atoms with E-state index in [1.807, 2.05) is 67.1 Å². The van der Waals surface area contributed by atoms with E-state index in [1.165, 1.54) is 7.11 Å². The van der Waals surface area contributed by atoms with E-state index in [9.17, 15) is 14.7 Å². The first kappa shape index (κ1) is 20.3. The molecule has 8 rings (SSSR count). The van der Waals surface area contributed by atoms with Crippen molar-refractivity contribution in [1.29, 1.82) is 0 Å². The maximum atomic E-state index is 13.6. The van der Waals surface area contributed by atoms with E-state index in [1.54, 1.807) is 4.90 Å². The van der Waals surface area contributed by atoms with Crippen molar-refractivity contribution in [2.45, 2.75) is 37.4 Å².